The van der Waals surface area contributed by atoms with E-state index in [1.807, 2.05) is 6.07 Å². The Hall–Kier alpha value is -1.32. The van der Waals surface area contributed by atoms with Crippen molar-refractivity contribution in [3.8, 4) is 0 Å². The van der Waals surface area contributed by atoms with E-state index in [0.717, 1.165) is 11.6 Å². The van der Waals surface area contributed by atoms with Gasteiger partial charge in [-0.25, -0.2) is 9.97 Å². The second-order valence-corrected chi connectivity index (χ2v) is 6.94. The molecule has 0 atom stereocenters. The highest BCUT2D eigenvalue weighted by atomic mass is 15.1. The van der Waals surface area contributed by atoms with Crippen molar-refractivity contribution in [1.82, 2.24) is 9.97 Å². The van der Waals surface area contributed by atoms with E-state index >= 15 is 0 Å². The van der Waals surface area contributed by atoms with E-state index in [1.165, 1.54) is 44.9 Å². The van der Waals surface area contributed by atoms with Gasteiger partial charge in [0.15, 0.2) is 0 Å². The molecule has 20 heavy (non-hydrogen) atoms. The van der Waals surface area contributed by atoms with Crippen molar-refractivity contribution in [3.05, 3.63) is 11.9 Å². The van der Waals surface area contributed by atoms with Crippen molar-refractivity contribution in [2.24, 2.45) is 0 Å². The zero-order valence-corrected chi connectivity index (χ0v) is 13.1. The number of nitrogens with two attached hydrogens (primary N) is 1. The molecule has 0 saturated heterocycles. The minimum atomic E-state index is -0.0766. The molecular formula is C16H28N4. The van der Waals surface area contributed by atoms with Crippen LogP contribution < -0.4 is 11.1 Å². The van der Waals surface area contributed by atoms with Crippen LogP contribution in [0.15, 0.2) is 6.07 Å². The van der Waals surface area contributed by atoms with Crippen molar-refractivity contribution < 1.29 is 0 Å². The SMILES string of the molecule is CC(C)(C)c1nc(N)cc(NC2CCCCCCC2)n1. The first-order chi connectivity index (χ1) is 9.45. The number of hydrogen-bond acceptors (Lipinski definition) is 4. The van der Waals surface area contributed by atoms with E-state index in [0.29, 0.717) is 11.9 Å². The molecule has 1 aliphatic rings. The number of hydrogen-bond donors (Lipinski definition) is 2. The lowest BCUT2D eigenvalue weighted by molar-refractivity contribution is 0.470. The average Bonchev–Trinajstić information content (AvgIpc) is 2.30. The molecule has 1 aromatic heterocycles. The quantitative estimate of drug-likeness (QED) is 0.860. The Morgan fingerprint density at radius 3 is 2.25 bits per heavy atom. The van der Waals surface area contributed by atoms with Crippen molar-refractivity contribution in [1.29, 1.82) is 0 Å². The summed E-state index contributed by atoms with van der Waals surface area (Å²) < 4.78 is 0. The highest BCUT2D eigenvalue weighted by Gasteiger charge is 2.19. The number of nitrogens with zero attached hydrogens (tertiary/aromatic N) is 2. The highest BCUT2D eigenvalue weighted by molar-refractivity contribution is 5.46. The standard InChI is InChI=1S/C16H28N4/c1-16(2,3)15-19-13(17)11-14(20-15)18-12-9-7-5-4-6-8-10-12/h11-12H,4-10H2,1-3H3,(H3,17,18,19,20). The molecule has 112 valence electrons. The molecule has 0 spiro atoms. The van der Waals surface area contributed by atoms with E-state index in [9.17, 15) is 0 Å². The van der Waals surface area contributed by atoms with Gasteiger partial charge in [-0.1, -0.05) is 52.9 Å². The average molecular weight is 276 g/mol. The third-order valence-electron chi connectivity index (χ3n) is 3.87. The molecule has 1 saturated carbocycles. The molecule has 2 rings (SSSR count). The third kappa shape index (κ3) is 4.36. The first-order valence-electron chi connectivity index (χ1n) is 7.87. The predicted molar refractivity (Wildman–Crippen MR) is 84.9 cm³/mol. The lowest BCUT2D eigenvalue weighted by Gasteiger charge is -2.23. The van der Waals surface area contributed by atoms with Gasteiger partial charge in [0.25, 0.3) is 0 Å². The fourth-order valence-corrected chi connectivity index (χ4v) is 2.68. The fourth-order valence-electron chi connectivity index (χ4n) is 2.68. The van der Waals surface area contributed by atoms with Gasteiger partial charge in [-0.15, -0.1) is 0 Å². The lowest BCUT2D eigenvalue weighted by atomic mass is 9.95. The van der Waals surface area contributed by atoms with Crippen molar-refractivity contribution in [2.45, 2.75) is 77.2 Å². The normalized spacial score (nSPS) is 18.4. The van der Waals surface area contributed by atoms with Gasteiger partial charge in [0, 0.05) is 17.5 Å². The van der Waals surface area contributed by atoms with Gasteiger partial charge in [0.05, 0.1) is 0 Å². The van der Waals surface area contributed by atoms with Gasteiger partial charge in [-0.2, -0.15) is 0 Å². The summed E-state index contributed by atoms with van der Waals surface area (Å²) in [6.07, 6.45) is 9.19. The van der Waals surface area contributed by atoms with Crippen molar-refractivity contribution >= 4 is 11.6 Å². The number of aromatic nitrogens is 2. The number of rotatable bonds is 2. The Balaban J connectivity index is 2.09. The van der Waals surface area contributed by atoms with Crippen LogP contribution in [0, 0.1) is 0 Å². The van der Waals surface area contributed by atoms with Crippen molar-refractivity contribution in [2.75, 3.05) is 11.1 Å². The highest BCUT2D eigenvalue weighted by Crippen LogP contribution is 2.24. The molecule has 4 heteroatoms. The van der Waals surface area contributed by atoms with Crippen LogP contribution in [0.3, 0.4) is 0 Å². The zero-order valence-electron chi connectivity index (χ0n) is 13.1. The maximum Gasteiger partial charge on any atom is 0.138 e. The summed E-state index contributed by atoms with van der Waals surface area (Å²) in [4.78, 5) is 9.01. The molecular weight excluding hydrogens is 248 g/mol. The van der Waals surface area contributed by atoms with Gasteiger partial charge in [-0.05, 0) is 12.8 Å². The van der Waals surface area contributed by atoms with E-state index in [-0.39, 0.29) is 5.41 Å². The molecule has 1 aliphatic carbocycles. The topological polar surface area (TPSA) is 63.8 Å². The molecule has 0 aliphatic heterocycles. The second-order valence-electron chi connectivity index (χ2n) is 6.94. The van der Waals surface area contributed by atoms with Gasteiger partial charge >= 0.3 is 0 Å². The van der Waals surface area contributed by atoms with Crippen LogP contribution in [0.1, 0.15) is 71.5 Å². The van der Waals surface area contributed by atoms with Gasteiger partial charge in [0.2, 0.25) is 0 Å². The summed E-state index contributed by atoms with van der Waals surface area (Å²) in [5.41, 5.74) is 5.85. The van der Waals surface area contributed by atoms with E-state index in [4.69, 9.17) is 5.73 Å². The molecule has 1 fully saturated rings. The Kier molecular flexibility index (Phi) is 4.84. The van der Waals surface area contributed by atoms with Gasteiger partial charge in [0.1, 0.15) is 17.5 Å². The van der Waals surface area contributed by atoms with E-state index in [2.05, 4.69) is 36.1 Å². The molecule has 1 aromatic rings. The number of nitrogens with one attached hydrogen (secondary N) is 1. The van der Waals surface area contributed by atoms with Crippen molar-refractivity contribution in [3.63, 3.8) is 0 Å². The summed E-state index contributed by atoms with van der Waals surface area (Å²) in [6, 6.07) is 2.38. The van der Waals surface area contributed by atoms with E-state index in [1.54, 1.807) is 0 Å². The van der Waals surface area contributed by atoms with Crippen LogP contribution in [0.4, 0.5) is 11.6 Å². The Labute approximate surface area is 122 Å². The molecule has 0 amide bonds. The van der Waals surface area contributed by atoms with E-state index < -0.39 is 0 Å². The maximum atomic E-state index is 5.93. The number of nitrogen functional groups attached to an aromatic ring is 1. The Morgan fingerprint density at radius 2 is 1.65 bits per heavy atom. The van der Waals surface area contributed by atoms with Gasteiger partial charge in [-0.3, -0.25) is 0 Å². The van der Waals surface area contributed by atoms with Crippen LogP contribution in [0.2, 0.25) is 0 Å². The second kappa shape index (κ2) is 6.42. The van der Waals surface area contributed by atoms with Crippen LogP contribution >= 0.6 is 0 Å². The summed E-state index contributed by atoms with van der Waals surface area (Å²) in [7, 11) is 0. The zero-order chi connectivity index (χ0) is 14.6. The summed E-state index contributed by atoms with van der Waals surface area (Å²) >= 11 is 0. The molecule has 0 unspecified atom stereocenters. The molecule has 4 nitrogen and oxygen atoms in total. The summed E-state index contributed by atoms with van der Waals surface area (Å²) in [6.45, 7) is 6.34. The number of anilines is 2. The largest absolute Gasteiger partial charge is 0.384 e. The molecule has 3 N–H and O–H groups in total. The first-order valence-corrected chi connectivity index (χ1v) is 7.87. The Bertz CT molecular complexity index is 429. The summed E-state index contributed by atoms with van der Waals surface area (Å²) in [5.74, 6) is 2.25. The predicted octanol–water partition coefficient (Wildman–Crippen LogP) is 3.88. The minimum absolute atomic E-state index is 0.0766. The third-order valence-corrected chi connectivity index (χ3v) is 3.87. The molecule has 0 radical (unpaired) electrons. The van der Waals surface area contributed by atoms with Crippen LogP contribution in [-0.4, -0.2) is 16.0 Å². The first kappa shape index (κ1) is 15.1. The van der Waals surface area contributed by atoms with Crippen LogP contribution in [0.25, 0.3) is 0 Å². The fraction of sp³-hybridized carbons (Fsp3) is 0.750. The minimum Gasteiger partial charge on any atom is -0.384 e. The van der Waals surface area contributed by atoms with Crippen LogP contribution in [0.5, 0.6) is 0 Å². The summed E-state index contributed by atoms with van der Waals surface area (Å²) in [5, 5.41) is 3.57. The maximum absolute atomic E-state index is 5.93. The van der Waals surface area contributed by atoms with Gasteiger partial charge < -0.3 is 11.1 Å². The van der Waals surface area contributed by atoms with Crippen LogP contribution in [-0.2, 0) is 5.41 Å². The smallest absolute Gasteiger partial charge is 0.138 e. The molecule has 1 heterocycles. The Morgan fingerprint density at radius 1 is 1.05 bits per heavy atom. The lowest BCUT2D eigenvalue weighted by Crippen LogP contribution is -2.23. The molecule has 0 aromatic carbocycles. The monoisotopic (exact) mass is 276 g/mol. The molecule has 0 bridgehead atoms.